The lowest BCUT2D eigenvalue weighted by Gasteiger charge is -2.27. The van der Waals surface area contributed by atoms with Crippen molar-refractivity contribution >= 4 is 23.3 Å². The van der Waals surface area contributed by atoms with Gasteiger partial charge in [-0.2, -0.15) is 0 Å². The number of aromatic amines is 1. The van der Waals surface area contributed by atoms with E-state index in [1.165, 1.54) is 6.33 Å². The average Bonchev–Trinajstić information content (AvgIpc) is 2.83. The predicted octanol–water partition coefficient (Wildman–Crippen LogP) is 1.59. The van der Waals surface area contributed by atoms with Crippen molar-refractivity contribution in [2.45, 2.75) is 32.1 Å². The van der Waals surface area contributed by atoms with Crippen molar-refractivity contribution < 1.29 is 9.59 Å². The largest absolute Gasteiger partial charge is 0.325 e. The minimum Gasteiger partial charge on any atom is -0.325 e. The third-order valence-corrected chi connectivity index (χ3v) is 4.99. The van der Waals surface area contributed by atoms with Gasteiger partial charge in [-0.1, -0.05) is 0 Å². The number of benzene rings is 1. The molecule has 0 spiro atoms. The van der Waals surface area contributed by atoms with Crippen LogP contribution in [0.1, 0.15) is 41.8 Å². The molecule has 1 aromatic heterocycles. The van der Waals surface area contributed by atoms with Gasteiger partial charge in [-0.15, -0.1) is 0 Å². The molecular formula is C18H18N4O3. The smallest absolute Gasteiger partial charge is 0.259 e. The van der Waals surface area contributed by atoms with E-state index in [-0.39, 0.29) is 17.4 Å². The summed E-state index contributed by atoms with van der Waals surface area (Å²) >= 11 is 0. The number of fused-ring (bicyclic) bond motifs is 2. The topological polar surface area (TPSA) is 95.2 Å². The van der Waals surface area contributed by atoms with Crippen LogP contribution in [-0.4, -0.2) is 28.3 Å². The highest BCUT2D eigenvalue weighted by Gasteiger charge is 2.39. The van der Waals surface area contributed by atoms with Crippen LogP contribution < -0.4 is 15.8 Å². The second kappa shape index (κ2) is 5.27. The number of hydrogen-bond donors (Lipinski definition) is 2. The van der Waals surface area contributed by atoms with E-state index in [0.29, 0.717) is 36.3 Å². The molecule has 7 nitrogen and oxygen atoms in total. The molecule has 2 amide bonds. The highest BCUT2D eigenvalue weighted by Crippen LogP contribution is 2.38. The van der Waals surface area contributed by atoms with Crippen molar-refractivity contribution in [2.24, 2.45) is 0 Å². The quantitative estimate of drug-likeness (QED) is 0.825. The van der Waals surface area contributed by atoms with E-state index in [9.17, 15) is 14.4 Å². The van der Waals surface area contributed by atoms with Gasteiger partial charge in [-0.3, -0.25) is 19.3 Å². The van der Waals surface area contributed by atoms with E-state index in [0.717, 1.165) is 11.3 Å². The number of anilines is 2. The van der Waals surface area contributed by atoms with Crippen molar-refractivity contribution in [2.75, 3.05) is 16.8 Å². The second-order valence-corrected chi connectivity index (χ2v) is 6.93. The molecule has 128 valence electrons. The first-order chi connectivity index (χ1) is 11.9. The molecule has 7 heteroatoms. The van der Waals surface area contributed by atoms with Crippen LogP contribution in [-0.2, 0) is 16.6 Å². The third-order valence-electron chi connectivity index (χ3n) is 4.99. The van der Waals surface area contributed by atoms with Crippen molar-refractivity contribution in [1.82, 2.24) is 9.97 Å². The van der Waals surface area contributed by atoms with Crippen LogP contribution in [0, 0.1) is 0 Å². The van der Waals surface area contributed by atoms with E-state index >= 15 is 0 Å². The summed E-state index contributed by atoms with van der Waals surface area (Å²) in [7, 11) is 0. The van der Waals surface area contributed by atoms with Crippen LogP contribution in [0.4, 0.5) is 11.5 Å². The Bertz CT molecular complexity index is 961. The maximum atomic E-state index is 13.0. The molecule has 0 saturated heterocycles. The number of rotatable bonds is 1. The Morgan fingerprint density at radius 2 is 2.08 bits per heavy atom. The first-order valence-corrected chi connectivity index (χ1v) is 8.24. The van der Waals surface area contributed by atoms with E-state index in [1.54, 1.807) is 23.1 Å². The van der Waals surface area contributed by atoms with Gasteiger partial charge in [0.15, 0.2) is 0 Å². The number of carbonyl (C=O) groups is 2. The molecule has 2 aromatic rings. The fourth-order valence-electron chi connectivity index (χ4n) is 3.45. The minimum atomic E-state index is -0.680. The fourth-order valence-corrected chi connectivity index (χ4v) is 3.45. The van der Waals surface area contributed by atoms with Gasteiger partial charge in [-0.25, -0.2) is 4.98 Å². The second-order valence-electron chi connectivity index (χ2n) is 6.93. The Kier molecular flexibility index (Phi) is 3.28. The lowest BCUT2D eigenvalue weighted by molar-refractivity contribution is -0.119. The highest BCUT2D eigenvalue weighted by molar-refractivity contribution is 6.09. The number of nitrogens with zero attached hydrogens (tertiary/aromatic N) is 2. The molecule has 0 fully saturated rings. The Hall–Kier alpha value is -2.96. The van der Waals surface area contributed by atoms with Crippen molar-refractivity contribution in [3.8, 4) is 0 Å². The molecule has 25 heavy (non-hydrogen) atoms. The van der Waals surface area contributed by atoms with E-state index < -0.39 is 5.41 Å². The summed E-state index contributed by atoms with van der Waals surface area (Å²) in [6.07, 6.45) is 2.64. The predicted molar refractivity (Wildman–Crippen MR) is 93.0 cm³/mol. The molecular weight excluding hydrogens is 320 g/mol. The molecule has 0 aliphatic carbocycles. The van der Waals surface area contributed by atoms with Crippen LogP contribution >= 0.6 is 0 Å². The molecule has 3 heterocycles. The maximum absolute atomic E-state index is 13.0. The zero-order chi connectivity index (χ0) is 17.8. The maximum Gasteiger partial charge on any atom is 0.259 e. The molecule has 1 aromatic carbocycles. The number of H-pyrrole nitrogens is 1. The zero-order valence-electron chi connectivity index (χ0n) is 14.0. The summed E-state index contributed by atoms with van der Waals surface area (Å²) in [5, 5.41) is 2.83. The molecule has 2 aliphatic heterocycles. The first kappa shape index (κ1) is 15.6. The molecule has 0 unspecified atom stereocenters. The Labute approximate surface area is 144 Å². The Morgan fingerprint density at radius 3 is 2.88 bits per heavy atom. The van der Waals surface area contributed by atoms with Gasteiger partial charge in [-0.05, 0) is 50.5 Å². The first-order valence-electron chi connectivity index (χ1n) is 8.24. The van der Waals surface area contributed by atoms with Gasteiger partial charge >= 0.3 is 0 Å². The number of carbonyl (C=O) groups excluding carboxylic acids is 2. The summed E-state index contributed by atoms with van der Waals surface area (Å²) in [6, 6.07) is 5.21. The lowest BCUT2D eigenvalue weighted by atomic mass is 9.85. The van der Waals surface area contributed by atoms with Crippen LogP contribution in [0.25, 0.3) is 0 Å². The summed E-state index contributed by atoms with van der Waals surface area (Å²) in [6.45, 7) is 4.18. The Morgan fingerprint density at radius 1 is 1.28 bits per heavy atom. The molecule has 4 rings (SSSR count). The molecule has 0 bridgehead atoms. The van der Waals surface area contributed by atoms with Crippen LogP contribution in [0.15, 0.2) is 29.3 Å². The van der Waals surface area contributed by atoms with Crippen molar-refractivity contribution in [1.29, 1.82) is 0 Å². The number of nitrogens with one attached hydrogen (secondary N) is 2. The van der Waals surface area contributed by atoms with Crippen molar-refractivity contribution in [3.63, 3.8) is 0 Å². The normalized spacial score (nSPS) is 17.7. The van der Waals surface area contributed by atoms with Gasteiger partial charge in [0.05, 0.1) is 17.3 Å². The van der Waals surface area contributed by atoms with Gasteiger partial charge in [0.1, 0.15) is 5.82 Å². The highest BCUT2D eigenvalue weighted by atomic mass is 16.2. The molecule has 0 atom stereocenters. The number of hydrogen-bond acceptors (Lipinski definition) is 4. The molecule has 2 aliphatic rings. The molecule has 0 saturated carbocycles. The molecule has 0 radical (unpaired) electrons. The van der Waals surface area contributed by atoms with Gasteiger partial charge < -0.3 is 10.3 Å². The average molecular weight is 338 g/mol. The number of aromatic nitrogens is 2. The SMILES string of the molecule is CC1(C)C(=O)Nc2ccc(C(=O)N3CCCc4c3nc[nH]c4=O)cc21. The Balaban J connectivity index is 1.75. The van der Waals surface area contributed by atoms with E-state index in [1.807, 2.05) is 13.8 Å². The van der Waals surface area contributed by atoms with Gasteiger partial charge in [0.2, 0.25) is 5.91 Å². The van der Waals surface area contributed by atoms with Gasteiger partial charge in [0.25, 0.3) is 11.5 Å². The fraction of sp³-hybridized carbons (Fsp3) is 0.333. The summed E-state index contributed by atoms with van der Waals surface area (Å²) in [5.74, 6) is 0.134. The summed E-state index contributed by atoms with van der Waals surface area (Å²) < 4.78 is 0. The summed E-state index contributed by atoms with van der Waals surface area (Å²) in [4.78, 5) is 45.4. The van der Waals surface area contributed by atoms with E-state index in [4.69, 9.17) is 0 Å². The van der Waals surface area contributed by atoms with Gasteiger partial charge in [0, 0.05) is 17.8 Å². The monoisotopic (exact) mass is 338 g/mol. The van der Waals surface area contributed by atoms with Crippen molar-refractivity contribution in [3.05, 3.63) is 51.6 Å². The molecule has 2 N–H and O–H groups in total. The zero-order valence-corrected chi connectivity index (χ0v) is 14.0. The van der Waals surface area contributed by atoms with Crippen LogP contribution in [0.2, 0.25) is 0 Å². The number of amides is 2. The standard InChI is InChI=1S/C18H18N4O3/c1-18(2)12-8-10(5-6-13(12)21-17(18)25)16(24)22-7-3-4-11-14(22)19-9-20-15(11)23/h5-6,8-9H,3-4,7H2,1-2H3,(H,21,25)(H,19,20,23). The lowest BCUT2D eigenvalue weighted by Crippen LogP contribution is -2.38. The summed E-state index contributed by atoms with van der Waals surface area (Å²) in [5.41, 5.74) is 1.69. The van der Waals surface area contributed by atoms with Crippen LogP contribution in [0.3, 0.4) is 0 Å². The third kappa shape index (κ3) is 2.26. The van der Waals surface area contributed by atoms with E-state index in [2.05, 4.69) is 15.3 Å². The minimum absolute atomic E-state index is 0.0800. The van der Waals surface area contributed by atoms with Crippen LogP contribution in [0.5, 0.6) is 0 Å².